The lowest BCUT2D eigenvalue weighted by atomic mass is 10.3. The zero-order valence-corrected chi connectivity index (χ0v) is 11.4. The number of pyridine rings is 1. The Hall–Kier alpha value is -2.61. The lowest BCUT2D eigenvalue weighted by Gasteiger charge is -1.99. The summed E-state index contributed by atoms with van der Waals surface area (Å²) in [7, 11) is 0. The van der Waals surface area contributed by atoms with Crippen LogP contribution in [0.5, 0.6) is 0 Å². The Labute approximate surface area is 123 Å². The highest BCUT2D eigenvalue weighted by molar-refractivity contribution is 7.98. The minimum atomic E-state index is -1.06. The van der Waals surface area contributed by atoms with E-state index in [-0.39, 0.29) is 5.69 Å². The van der Waals surface area contributed by atoms with Gasteiger partial charge in [-0.3, -0.25) is 0 Å². The fraction of sp³-hybridized carbons (Fsp3) is 0.0769. The molecule has 0 spiro atoms. The highest BCUT2D eigenvalue weighted by Crippen LogP contribution is 2.24. The number of rotatable bonds is 5. The summed E-state index contributed by atoms with van der Waals surface area (Å²) < 4.78 is 10.6. The fourth-order valence-corrected chi connectivity index (χ4v) is 2.33. The van der Waals surface area contributed by atoms with Gasteiger partial charge in [0.2, 0.25) is 5.89 Å². The Bertz CT molecular complexity index is 754. The molecule has 0 saturated carbocycles. The van der Waals surface area contributed by atoms with Crippen molar-refractivity contribution in [3.05, 3.63) is 48.3 Å². The van der Waals surface area contributed by atoms with E-state index >= 15 is 0 Å². The van der Waals surface area contributed by atoms with Crippen LogP contribution in [0.25, 0.3) is 11.7 Å². The minimum absolute atomic E-state index is 0.00167. The molecule has 8 heteroatoms. The number of aromatic carboxylic acids is 1. The van der Waals surface area contributed by atoms with Crippen LogP contribution in [0.15, 0.2) is 50.5 Å². The van der Waals surface area contributed by atoms with Crippen molar-refractivity contribution < 1.29 is 18.7 Å². The van der Waals surface area contributed by atoms with Gasteiger partial charge in [0.05, 0.1) is 12.0 Å². The van der Waals surface area contributed by atoms with Gasteiger partial charge in [-0.1, -0.05) is 0 Å². The molecule has 106 valence electrons. The number of hydrogen-bond donors (Lipinski definition) is 1. The molecule has 0 atom stereocenters. The van der Waals surface area contributed by atoms with Crippen molar-refractivity contribution in [1.29, 1.82) is 0 Å². The molecule has 7 nitrogen and oxygen atoms in total. The summed E-state index contributed by atoms with van der Waals surface area (Å²) in [6, 6.07) is 6.68. The van der Waals surface area contributed by atoms with Crippen LogP contribution in [0.2, 0.25) is 0 Å². The summed E-state index contributed by atoms with van der Waals surface area (Å²) in [5.74, 6) is 0.624. The van der Waals surface area contributed by atoms with Crippen LogP contribution in [-0.2, 0) is 5.75 Å². The predicted octanol–water partition coefficient (Wildman–Crippen LogP) is 2.72. The first kappa shape index (κ1) is 13.4. The molecule has 0 aliphatic heterocycles. The Morgan fingerprint density at radius 3 is 3.00 bits per heavy atom. The number of furan rings is 1. The maximum Gasteiger partial charge on any atom is 0.354 e. The second-order valence-electron chi connectivity index (χ2n) is 3.95. The average molecular weight is 303 g/mol. The Morgan fingerprint density at radius 2 is 2.24 bits per heavy atom. The number of hydrogen-bond acceptors (Lipinski definition) is 7. The molecule has 3 aromatic rings. The standard InChI is InChI=1S/C13H9N3O4S/c17-13(18)9-6-8(3-4-14-9)21-7-11-15-16-12(20-11)10-2-1-5-19-10/h1-6H,7H2,(H,17,18). The topological polar surface area (TPSA) is 102 Å². The van der Waals surface area contributed by atoms with Gasteiger partial charge in [-0.2, -0.15) is 0 Å². The van der Waals surface area contributed by atoms with E-state index in [0.717, 1.165) is 4.90 Å². The molecule has 1 N–H and O–H groups in total. The van der Waals surface area contributed by atoms with Gasteiger partial charge >= 0.3 is 5.97 Å². The van der Waals surface area contributed by atoms with Crippen molar-refractivity contribution in [3.8, 4) is 11.7 Å². The number of nitrogens with zero attached hydrogens (tertiary/aromatic N) is 3. The highest BCUT2D eigenvalue weighted by Gasteiger charge is 2.11. The summed E-state index contributed by atoms with van der Waals surface area (Å²) in [5.41, 5.74) is 0.00167. The molecule has 3 aromatic heterocycles. The summed E-state index contributed by atoms with van der Waals surface area (Å²) >= 11 is 1.39. The molecule has 3 rings (SSSR count). The fourth-order valence-electron chi connectivity index (χ4n) is 1.57. The van der Waals surface area contributed by atoms with Crippen LogP contribution >= 0.6 is 11.8 Å². The number of carbonyl (C=O) groups is 1. The average Bonchev–Trinajstić information content (AvgIpc) is 3.16. The molecule has 0 radical (unpaired) electrons. The zero-order valence-electron chi connectivity index (χ0n) is 10.6. The van der Waals surface area contributed by atoms with Crippen molar-refractivity contribution >= 4 is 17.7 Å². The number of carboxylic acids is 1. The van der Waals surface area contributed by atoms with Gasteiger partial charge in [-0.25, -0.2) is 9.78 Å². The first-order chi connectivity index (χ1) is 10.2. The third kappa shape index (κ3) is 3.11. The molecule has 0 unspecified atom stereocenters. The van der Waals surface area contributed by atoms with E-state index in [0.29, 0.717) is 23.3 Å². The Kier molecular flexibility index (Phi) is 3.69. The van der Waals surface area contributed by atoms with Crippen LogP contribution in [0.1, 0.15) is 16.4 Å². The predicted molar refractivity (Wildman–Crippen MR) is 72.8 cm³/mol. The molecule has 0 bridgehead atoms. The van der Waals surface area contributed by atoms with E-state index in [1.54, 1.807) is 18.2 Å². The number of thioether (sulfide) groups is 1. The molecule has 0 fully saturated rings. The molecule has 0 aliphatic rings. The quantitative estimate of drug-likeness (QED) is 0.718. The van der Waals surface area contributed by atoms with E-state index in [1.165, 1.54) is 30.3 Å². The van der Waals surface area contributed by atoms with E-state index in [4.69, 9.17) is 13.9 Å². The van der Waals surface area contributed by atoms with Crippen LogP contribution in [0, 0.1) is 0 Å². The van der Waals surface area contributed by atoms with Crippen molar-refractivity contribution in [2.45, 2.75) is 10.6 Å². The van der Waals surface area contributed by atoms with E-state index < -0.39 is 5.97 Å². The third-order valence-electron chi connectivity index (χ3n) is 2.51. The summed E-state index contributed by atoms with van der Waals surface area (Å²) in [5, 5.41) is 16.7. The van der Waals surface area contributed by atoms with Crippen molar-refractivity contribution in [2.75, 3.05) is 0 Å². The van der Waals surface area contributed by atoms with E-state index in [9.17, 15) is 4.79 Å². The first-order valence-electron chi connectivity index (χ1n) is 5.91. The minimum Gasteiger partial charge on any atom is -0.477 e. The van der Waals surface area contributed by atoms with Gasteiger partial charge in [-0.15, -0.1) is 22.0 Å². The van der Waals surface area contributed by atoms with E-state index in [2.05, 4.69) is 15.2 Å². The van der Waals surface area contributed by atoms with Crippen molar-refractivity contribution in [2.24, 2.45) is 0 Å². The molecule has 21 heavy (non-hydrogen) atoms. The number of carboxylic acid groups (broad SMARTS) is 1. The molecule has 3 heterocycles. The second kappa shape index (κ2) is 5.80. The van der Waals surface area contributed by atoms with Gasteiger partial charge in [0.15, 0.2) is 5.76 Å². The first-order valence-corrected chi connectivity index (χ1v) is 6.89. The van der Waals surface area contributed by atoms with Crippen LogP contribution < -0.4 is 0 Å². The Balaban J connectivity index is 1.68. The van der Waals surface area contributed by atoms with Crippen molar-refractivity contribution in [1.82, 2.24) is 15.2 Å². The van der Waals surface area contributed by atoms with Gasteiger partial charge in [0.1, 0.15) is 5.69 Å². The molecular weight excluding hydrogens is 294 g/mol. The molecule has 0 saturated heterocycles. The maximum absolute atomic E-state index is 10.8. The molecule has 0 aromatic carbocycles. The molecular formula is C13H9N3O4S. The molecule has 0 amide bonds. The smallest absolute Gasteiger partial charge is 0.354 e. The maximum atomic E-state index is 10.8. The highest BCUT2D eigenvalue weighted by atomic mass is 32.2. The summed E-state index contributed by atoms with van der Waals surface area (Å²) in [6.07, 6.45) is 2.98. The Morgan fingerprint density at radius 1 is 1.33 bits per heavy atom. The zero-order chi connectivity index (χ0) is 14.7. The van der Waals surface area contributed by atoms with Gasteiger partial charge < -0.3 is 13.9 Å². The lowest BCUT2D eigenvalue weighted by Crippen LogP contribution is -1.99. The van der Waals surface area contributed by atoms with Gasteiger partial charge in [0, 0.05) is 11.1 Å². The second-order valence-corrected chi connectivity index (χ2v) is 5.00. The monoisotopic (exact) mass is 303 g/mol. The van der Waals surface area contributed by atoms with Gasteiger partial charge in [-0.05, 0) is 24.3 Å². The molecule has 0 aliphatic carbocycles. The lowest BCUT2D eigenvalue weighted by molar-refractivity contribution is 0.0690. The SMILES string of the molecule is O=C(O)c1cc(SCc2nnc(-c3ccco3)o2)ccn1. The van der Waals surface area contributed by atoms with Crippen molar-refractivity contribution in [3.63, 3.8) is 0 Å². The van der Waals surface area contributed by atoms with Gasteiger partial charge in [0.25, 0.3) is 5.89 Å². The van der Waals surface area contributed by atoms with Crippen LogP contribution in [-0.4, -0.2) is 26.3 Å². The van der Waals surface area contributed by atoms with E-state index in [1.807, 2.05) is 0 Å². The normalized spacial score (nSPS) is 10.7. The third-order valence-corrected chi connectivity index (χ3v) is 3.49. The summed E-state index contributed by atoms with van der Waals surface area (Å²) in [4.78, 5) is 15.4. The number of aromatic nitrogens is 3. The van der Waals surface area contributed by atoms with Crippen LogP contribution in [0.3, 0.4) is 0 Å². The van der Waals surface area contributed by atoms with Crippen LogP contribution in [0.4, 0.5) is 0 Å². The summed E-state index contributed by atoms with van der Waals surface area (Å²) in [6.45, 7) is 0. The largest absolute Gasteiger partial charge is 0.477 e.